The fraction of sp³-hybridized carbons (Fsp3) is 0.433. The van der Waals surface area contributed by atoms with Crippen molar-refractivity contribution in [2.24, 2.45) is 0 Å². The third-order valence-electron chi connectivity index (χ3n) is 6.55. The molecule has 1 heterocycles. The molecule has 0 aliphatic carbocycles. The van der Waals surface area contributed by atoms with Crippen LogP contribution in [0.5, 0.6) is 0 Å². The quantitative estimate of drug-likeness (QED) is 0.406. The maximum Gasteiger partial charge on any atom is 0.336 e. The Balaban J connectivity index is 1.95. The van der Waals surface area contributed by atoms with Crippen molar-refractivity contribution in [1.82, 2.24) is 9.80 Å². The summed E-state index contributed by atoms with van der Waals surface area (Å²) in [6.45, 7) is 11.7. The molecule has 0 aromatic heterocycles. The highest BCUT2D eigenvalue weighted by molar-refractivity contribution is 5.96. The van der Waals surface area contributed by atoms with Gasteiger partial charge >= 0.3 is 5.97 Å². The smallest absolute Gasteiger partial charge is 0.336 e. The van der Waals surface area contributed by atoms with Gasteiger partial charge in [-0.3, -0.25) is 9.59 Å². The first-order chi connectivity index (χ1) is 17.3. The first-order valence-electron chi connectivity index (χ1n) is 12.9. The largest absolute Gasteiger partial charge is 0.463 e. The van der Waals surface area contributed by atoms with E-state index < -0.39 is 5.97 Å². The van der Waals surface area contributed by atoms with Gasteiger partial charge in [0.25, 0.3) is 5.91 Å². The van der Waals surface area contributed by atoms with Crippen LogP contribution in [0.1, 0.15) is 79.9 Å². The van der Waals surface area contributed by atoms with Gasteiger partial charge < -0.3 is 14.5 Å². The molecule has 2 aromatic carbocycles. The van der Waals surface area contributed by atoms with Crippen molar-refractivity contribution in [3.63, 3.8) is 0 Å². The van der Waals surface area contributed by atoms with Gasteiger partial charge in [-0.1, -0.05) is 55.8 Å². The van der Waals surface area contributed by atoms with Crippen LogP contribution in [0.15, 0.2) is 59.8 Å². The van der Waals surface area contributed by atoms with Crippen molar-refractivity contribution in [3.8, 4) is 0 Å². The van der Waals surface area contributed by atoms with Crippen molar-refractivity contribution in [3.05, 3.63) is 82.1 Å². The van der Waals surface area contributed by atoms with Crippen LogP contribution in [0.4, 0.5) is 0 Å². The van der Waals surface area contributed by atoms with E-state index in [0.29, 0.717) is 29.9 Å². The second-order valence-corrected chi connectivity index (χ2v) is 9.36. The van der Waals surface area contributed by atoms with Gasteiger partial charge in [-0.15, -0.1) is 0 Å². The summed E-state index contributed by atoms with van der Waals surface area (Å²) in [5.41, 5.74) is 4.59. The summed E-state index contributed by atoms with van der Waals surface area (Å²) >= 11 is 0. The number of carbonyl (C=O) groups excluding carboxylic acids is 3. The number of allylic oxidation sites excluding steroid dienone is 1. The summed E-state index contributed by atoms with van der Waals surface area (Å²) in [5, 5.41) is 0. The average Bonchev–Trinajstić information content (AvgIpc) is 2.86. The van der Waals surface area contributed by atoms with Crippen LogP contribution in [0.2, 0.25) is 0 Å². The number of carbonyl (C=O) groups is 3. The van der Waals surface area contributed by atoms with Crippen LogP contribution in [0.25, 0.3) is 0 Å². The van der Waals surface area contributed by atoms with Gasteiger partial charge in [0.1, 0.15) is 0 Å². The molecule has 1 aliphatic rings. The molecule has 0 radical (unpaired) electrons. The molecule has 0 saturated heterocycles. The van der Waals surface area contributed by atoms with E-state index in [1.807, 2.05) is 67.3 Å². The van der Waals surface area contributed by atoms with E-state index in [0.717, 1.165) is 29.5 Å². The fourth-order valence-electron chi connectivity index (χ4n) is 4.87. The van der Waals surface area contributed by atoms with E-state index >= 15 is 0 Å². The molecular weight excluding hydrogens is 452 g/mol. The predicted molar refractivity (Wildman–Crippen MR) is 141 cm³/mol. The molecule has 0 fully saturated rings. The van der Waals surface area contributed by atoms with Crippen molar-refractivity contribution in [2.75, 3.05) is 19.7 Å². The molecule has 0 bridgehead atoms. The van der Waals surface area contributed by atoms with Gasteiger partial charge in [0.15, 0.2) is 0 Å². The first-order valence-corrected chi connectivity index (χ1v) is 12.9. The third-order valence-corrected chi connectivity index (χ3v) is 6.55. The Hall–Kier alpha value is -3.41. The molecule has 1 unspecified atom stereocenters. The highest BCUT2D eigenvalue weighted by atomic mass is 16.5. The summed E-state index contributed by atoms with van der Waals surface area (Å²) in [7, 11) is 0. The van der Waals surface area contributed by atoms with Gasteiger partial charge in [-0.25, -0.2) is 4.79 Å². The molecule has 1 atom stereocenters. The number of esters is 1. The van der Waals surface area contributed by atoms with Crippen molar-refractivity contribution in [2.45, 2.75) is 66.3 Å². The third kappa shape index (κ3) is 6.23. The lowest BCUT2D eigenvalue weighted by molar-refractivity contribution is -0.140. The lowest BCUT2D eigenvalue weighted by Gasteiger charge is -2.34. The highest BCUT2D eigenvalue weighted by Crippen LogP contribution is 2.38. The summed E-state index contributed by atoms with van der Waals surface area (Å²) in [5.74, 6) is -0.790. The van der Waals surface area contributed by atoms with Gasteiger partial charge in [0.05, 0.1) is 18.7 Å². The van der Waals surface area contributed by atoms with Gasteiger partial charge in [0, 0.05) is 36.7 Å². The second kappa shape index (κ2) is 12.5. The number of hydrogen-bond donors (Lipinski definition) is 0. The maximum atomic E-state index is 13.4. The van der Waals surface area contributed by atoms with Crippen LogP contribution >= 0.6 is 0 Å². The number of nitrogens with zero attached hydrogens (tertiary/aromatic N) is 2. The molecule has 0 N–H and O–H groups in total. The monoisotopic (exact) mass is 490 g/mol. The standard InChI is InChI=1S/C30H38N2O4/c1-6-15-31(16-7-2)29(34)25-14-10-12-23(18-25)20-32-22(5)28(30(35)36-8-3)26(19-27(32)33)24-13-9-11-21(4)17-24/h9-14,17-18,26H,6-8,15-16,19-20H2,1-5H3. The lowest BCUT2D eigenvalue weighted by Crippen LogP contribution is -2.38. The highest BCUT2D eigenvalue weighted by Gasteiger charge is 2.37. The lowest BCUT2D eigenvalue weighted by atomic mass is 9.83. The van der Waals surface area contributed by atoms with E-state index in [-0.39, 0.29) is 37.3 Å². The maximum absolute atomic E-state index is 13.4. The Labute approximate surface area is 214 Å². The Morgan fingerprint density at radius 3 is 2.33 bits per heavy atom. The predicted octanol–water partition coefficient (Wildman–Crippen LogP) is 5.61. The zero-order valence-corrected chi connectivity index (χ0v) is 22.2. The van der Waals surface area contributed by atoms with E-state index in [1.54, 1.807) is 11.8 Å². The van der Waals surface area contributed by atoms with Crippen LogP contribution in [0, 0.1) is 6.92 Å². The van der Waals surface area contributed by atoms with Gasteiger partial charge in [-0.05, 0) is 56.9 Å². The summed E-state index contributed by atoms with van der Waals surface area (Å²) in [4.78, 5) is 43.1. The normalized spacial score (nSPS) is 15.8. The number of amides is 2. The van der Waals surface area contributed by atoms with E-state index in [4.69, 9.17) is 4.74 Å². The Morgan fingerprint density at radius 1 is 1.00 bits per heavy atom. The summed E-state index contributed by atoms with van der Waals surface area (Å²) < 4.78 is 5.41. The minimum absolute atomic E-state index is 0.00417. The topological polar surface area (TPSA) is 66.9 Å². The minimum Gasteiger partial charge on any atom is -0.463 e. The number of benzene rings is 2. The molecule has 6 nitrogen and oxygen atoms in total. The minimum atomic E-state index is -0.391. The molecule has 6 heteroatoms. The molecule has 0 spiro atoms. The van der Waals surface area contributed by atoms with Crippen molar-refractivity contribution in [1.29, 1.82) is 0 Å². The molecule has 1 aliphatic heterocycles. The van der Waals surface area contributed by atoms with Gasteiger partial charge in [0.2, 0.25) is 5.91 Å². The Bertz CT molecular complexity index is 1130. The molecule has 192 valence electrons. The van der Waals surface area contributed by atoms with Gasteiger partial charge in [-0.2, -0.15) is 0 Å². The van der Waals surface area contributed by atoms with Crippen molar-refractivity contribution < 1.29 is 19.1 Å². The van der Waals surface area contributed by atoms with E-state index in [9.17, 15) is 14.4 Å². The molecule has 2 amide bonds. The average molecular weight is 491 g/mol. The fourth-order valence-corrected chi connectivity index (χ4v) is 4.87. The summed E-state index contributed by atoms with van der Waals surface area (Å²) in [6.07, 6.45) is 1.99. The molecule has 36 heavy (non-hydrogen) atoms. The van der Waals surface area contributed by atoms with Crippen LogP contribution in [-0.2, 0) is 20.9 Å². The second-order valence-electron chi connectivity index (χ2n) is 9.36. The number of hydrogen-bond acceptors (Lipinski definition) is 4. The Kier molecular flexibility index (Phi) is 9.45. The molecule has 3 rings (SSSR count). The van der Waals surface area contributed by atoms with Crippen LogP contribution in [-0.4, -0.2) is 47.3 Å². The van der Waals surface area contributed by atoms with Crippen molar-refractivity contribution >= 4 is 17.8 Å². The van der Waals surface area contributed by atoms with E-state index in [2.05, 4.69) is 13.8 Å². The molecular formula is C30H38N2O4. The van der Waals surface area contributed by atoms with Crippen LogP contribution < -0.4 is 0 Å². The summed E-state index contributed by atoms with van der Waals surface area (Å²) in [6, 6.07) is 15.4. The number of rotatable bonds is 10. The molecule has 2 aromatic rings. The van der Waals surface area contributed by atoms with E-state index in [1.165, 1.54) is 0 Å². The SMILES string of the molecule is CCCN(CCC)C(=O)c1cccc(CN2C(=O)CC(c3cccc(C)c3)C(C(=O)OCC)=C2C)c1. The zero-order valence-electron chi connectivity index (χ0n) is 22.2. The zero-order chi connectivity index (χ0) is 26.2. The first kappa shape index (κ1) is 27.2. The number of ether oxygens (including phenoxy) is 1. The molecule has 0 saturated carbocycles. The Morgan fingerprint density at radius 2 is 1.69 bits per heavy atom. The number of aryl methyl sites for hydroxylation is 1. The van der Waals surface area contributed by atoms with Crippen LogP contribution in [0.3, 0.4) is 0 Å².